The predicted molar refractivity (Wildman–Crippen MR) is 139 cm³/mol. The summed E-state index contributed by atoms with van der Waals surface area (Å²) < 4.78 is 16.6. The largest absolute Gasteiger partial charge is 0.494 e. The quantitative estimate of drug-likeness (QED) is 0.385. The maximum Gasteiger partial charge on any atom is 0.410 e. The van der Waals surface area contributed by atoms with E-state index >= 15 is 0 Å². The van der Waals surface area contributed by atoms with E-state index in [0.717, 1.165) is 60.4 Å². The van der Waals surface area contributed by atoms with E-state index in [1.807, 2.05) is 49.4 Å². The summed E-state index contributed by atoms with van der Waals surface area (Å²) in [6.07, 6.45) is 1.33. The topological polar surface area (TPSA) is 67.0 Å². The minimum atomic E-state index is -0.315. The zero-order valence-electron chi connectivity index (χ0n) is 20.7. The molecule has 2 heterocycles. The molecule has 1 aromatic heterocycles. The Labute approximate surface area is 211 Å². The molecule has 0 aliphatic carbocycles. The molecule has 188 valence electrons. The molecule has 0 bridgehead atoms. The fourth-order valence-corrected chi connectivity index (χ4v) is 4.84. The Kier molecular flexibility index (Phi) is 8.55. The highest BCUT2D eigenvalue weighted by molar-refractivity contribution is 6.31. The minimum absolute atomic E-state index is 0.298. The maximum atomic E-state index is 12.9. The summed E-state index contributed by atoms with van der Waals surface area (Å²) in [5.74, 6) is 0.789. The molecule has 35 heavy (non-hydrogen) atoms. The number of rotatable bonds is 10. The molecule has 1 unspecified atom stereocenters. The van der Waals surface area contributed by atoms with Gasteiger partial charge in [0.05, 0.1) is 19.8 Å². The molecule has 1 amide bonds. The Morgan fingerprint density at radius 2 is 2.06 bits per heavy atom. The third kappa shape index (κ3) is 5.92. The molecule has 8 heteroatoms. The van der Waals surface area contributed by atoms with Gasteiger partial charge in [0.1, 0.15) is 11.8 Å². The Balaban J connectivity index is 1.57. The number of carbonyl (C=O) groups excluding carboxylic acids is 1. The SMILES string of the molecule is CCOC(=O)N1CCc2c([nH]c3ccc(Cl)cc23)C1c1cccc(OCCCN(C)CCOC)c1. The van der Waals surface area contributed by atoms with Crippen molar-refractivity contribution >= 4 is 28.6 Å². The van der Waals surface area contributed by atoms with Gasteiger partial charge in [-0.2, -0.15) is 0 Å². The number of benzene rings is 2. The van der Waals surface area contributed by atoms with E-state index in [-0.39, 0.29) is 12.1 Å². The highest BCUT2D eigenvalue weighted by atomic mass is 35.5. The number of amides is 1. The monoisotopic (exact) mass is 499 g/mol. The number of hydrogen-bond acceptors (Lipinski definition) is 5. The van der Waals surface area contributed by atoms with Gasteiger partial charge in [-0.25, -0.2) is 4.79 Å². The van der Waals surface area contributed by atoms with Crippen molar-refractivity contribution in [2.75, 3.05) is 53.6 Å². The van der Waals surface area contributed by atoms with Crippen LogP contribution in [-0.2, 0) is 15.9 Å². The first kappa shape index (κ1) is 25.4. The lowest BCUT2D eigenvalue weighted by Gasteiger charge is -2.35. The number of nitrogens with zero attached hydrogens (tertiary/aromatic N) is 2. The summed E-state index contributed by atoms with van der Waals surface area (Å²) in [5.41, 5.74) is 4.18. The zero-order valence-corrected chi connectivity index (χ0v) is 21.4. The van der Waals surface area contributed by atoms with Crippen molar-refractivity contribution in [3.63, 3.8) is 0 Å². The van der Waals surface area contributed by atoms with Gasteiger partial charge in [-0.3, -0.25) is 4.90 Å². The van der Waals surface area contributed by atoms with Gasteiger partial charge in [0.2, 0.25) is 0 Å². The first-order valence-electron chi connectivity index (χ1n) is 12.2. The van der Waals surface area contributed by atoms with Crippen LogP contribution >= 0.6 is 11.6 Å². The van der Waals surface area contributed by atoms with Gasteiger partial charge in [-0.15, -0.1) is 0 Å². The van der Waals surface area contributed by atoms with Crippen LogP contribution in [0.15, 0.2) is 42.5 Å². The van der Waals surface area contributed by atoms with Gasteiger partial charge in [0, 0.05) is 48.4 Å². The first-order valence-corrected chi connectivity index (χ1v) is 12.5. The van der Waals surface area contributed by atoms with Crippen molar-refractivity contribution in [2.45, 2.75) is 25.8 Å². The van der Waals surface area contributed by atoms with E-state index in [4.69, 9.17) is 25.8 Å². The standard InChI is InChI=1S/C27H34ClN3O4/c1-4-34-27(32)31-13-11-22-23-18-20(28)9-10-24(23)29-25(22)26(31)19-7-5-8-21(17-19)35-15-6-12-30(2)14-16-33-3/h5,7-10,17-18,26,29H,4,6,11-16H2,1-3H3. The Hall–Kier alpha value is -2.74. The van der Waals surface area contributed by atoms with Crippen LogP contribution in [0, 0.1) is 0 Å². The number of carbonyl (C=O) groups is 1. The minimum Gasteiger partial charge on any atom is -0.494 e. The number of ether oxygens (including phenoxy) is 3. The molecule has 0 fully saturated rings. The number of hydrogen-bond donors (Lipinski definition) is 1. The van der Waals surface area contributed by atoms with Crippen molar-refractivity contribution in [2.24, 2.45) is 0 Å². The van der Waals surface area contributed by atoms with E-state index < -0.39 is 0 Å². The molecule has 1 atom stereocenters. The smallest absolute Gasteiger partial charge is 0.410 e. The molecule has 7 nitrogen and oxygen atoms in total. The van der Waals surface area contributed by atoms with Gasteiger partial charge in [0.15, 0.2) is 0 Å². The third-order valence-electron chi connectivity index (χ3n) is 6.40. The molecular weight excluding hydrogens is 466 g/mol. The van der Waals surface area contributed by atoms with Gasteiger partial charge >= 0.3 is 6.09 Å². The molecule has 1 aliphatic heterocycles. The number of nitrogens with one attached hydrogen (secondary N) is 1. The number of fused-ring (bicyclic) bond motifs is 3. The molecule has 1 aliphatic rings. The fraction of sp³-hybridized carbons (Fsp3) is 0.444. The molecule has 0 radical (unpaired) electrons. The Morgan fingerprint density at radius 3 is 2.86 bits per heavy atom. The number of aromatic amines is 1. The van der Waals surface area contributed by atoms with Crippen LogP contribution in [0.25, 0.3) is 10.9 Å². The average Bonchev–Trinajstić information content (AvgIpc) is 3.23. The van der Waals surface area contributed by atoms with Crippen molar-refractivity contribution in [3.05, 3.63) is 64.3 Å². The van der Waals surface area contributed by atoms with E-state index in [0.29, 0.717) is 24.8 Å². The molecular formula is C27H34ClN3O4. The van der Waals surface area contributed by atoms with Crippen molar-refractivity contribution in [1.82, 2.24) is 14.8 Å². The van der Waals surface area contributed by atoms with E-state index in [1.54, 1.807) is 12.0 Å². The maximum absolute atomic E-state index is 12.9. The summed E-state index contributed by atoms with van der Waals surface area (Å²) in [7, 11) is 3.80. The van der Waals surface area contributed by atoms with Gasteiger partial charge < -0.3 is 24.1 Å². The molecule has 0 saturated heterocycles. The highest BCUT2D eigenvalue weighted by Gasteiger charge is 2.35. The lowest BCUT2D eigenvalue weighted by molar-refractivity contribution is 0.0931. The van der Waals surface area contributed by atoms with E-state index in [2.05, 4.69) is 16.9 Å². The number of methoxy groups -OCH3 is 1. The van der Waals surface area contributed by atoms with Gasteiger partial charge in [-0.05, 0) is 68.3 Å². The molecule has 2 aromatic carbocycles. The van der Waals surface area contributed by atoms with Crippen LogP contribution in [0.2, 0.25) is 5.02 Å². The van der Waals surface area contributed by atoms with Crippen LogP contribution in [0.1, 0.15) is 36.2 Å². The molecule has 0 saturated carbocycles. The predicted octanol–water partition coefficient (Wildman–Crippen LogP) is 5.27. The second kappa shape index (κ2) is 11.8. The van der Waals surface area contributed by atoms with Crippen molar-refractivity contribution in [3.8, 4) is 5.75 Å². The van der Waals surface area contributed by atoms with Crippen molar-refractivity contribution < 1.29 is 19.0 Å². The normalized spacial score (nSPS) is 15.5. The second-order valence-corrected chi connectivity index (χ2v) is 9.26. The average molecular weight is 500 g/mol. The molecule has 4 rings (SSSR count). The van der Waals surface area contributed by atoms with E-state index in [9.17, 15) is 4.79 Å². The number of aromatic nitrogens is 1. The van der Waals surface area contributed by atoms with E-state index in [1.165, 1.54) is 5.56 Å². The van der Waals surface area contributed by atoms with Gasteiger partial charge in [0.25, 0.3) is 0 Å². The summed E-state index contributed by atoms with van der Waals surface area (Å²) in [5, 5.41) is 1.80. The lowest BCUT2D eigenvalue weighted by atomic mass is 9.92. The number of H-pyrrole nitrogens is 1. The Bertz CT molecular complexity index is 1150. The first-order chi connectivity index (χ1) is 17.0. The number of halogens is 1. The lowest BCUT2D eigenvalue weighted by Crippen LogP contribution is -2.41. The Morgan fingerprint density at radius 1 is 1.20 bits per heavy atom. The summed E-state index contributed by atoms with van der Waals surface area (Å²) in [6.45, 7) is 5.89. The van der Waals surface area contributed by atoms with Crippen LogP contribution in [0.5, 0.6) is 5.75 Å². The fourth-order valence-electron chi connectivity index (χ4n) is 4.67. The highest BCUT2D eigenvalue weighted by Crippen LogP contribution is 2.40. The number of likely N-dealkylation sites (N-methyl/N-ethyl adjacent to an activating group) is 1. The van der Waals surface area contributed by atoms with Crippen LogP contribution < -0.4 is 4.74 Å². The van der Waals surface area contributed by atoms with Crippen molar-refractivity contribution in [1.29, 1.82) is 0 Å². The van der Waals surface area contributed by atoms with Crippen LogP contribution in [-0.4, -0.2) is 74.5 Å². The van der Waals surface area contributed by atoms with Crippen LogP contribution in [0.3, 0.4) is 0 Å². The second-order valence-electron chi connectivity index (χ2n) is 8.82. The summed E-state index contributed by atoms with van der Waals surface area (Å²) >= 11 is 6.29. The van der Waals surface area contributed by atoms with Crippen LogP contribution in [0.4, 0.5) is 4.79 Å². The molecule has 3 aromatic rings. The molecule has 1 N–H and O–H groups in total. The molecule has 0 spiro atoms. The summed E-state index contributed by atoms with van der Waals surface area (Å²) in [4.78, 5) is 20.5. The van der Waals surface area contributed by atoms with Gasteiger partial charge in [-0.1, -0.05) is 23.7 Å². The summed E-state index contributed by atoms with van der Waals surface area (Å²) in [6, 6.07) is 13.6. The zero-order chi connectivity index (χ0) is 24.8. The third-order valence-corrected chi connectivity index (χ3v) is 6.63.